The van der Waals surface area contributed by atoms with Crippen molar-refractivity contribution in [2.75, 3.05) is 5.32 Å². The maximum atomic E-state index is 12.1. The van der Waals surface area contributed by atoms with E-state index in [9.17, 15) is 4.79 Å². The van der Waals surface area contributed by atoms with Crippen LogP contribution in [0.3, 0.4) is 0 Å². The molecule has 0 saturated heterocycles. The number of anilines is 1. The summed E-state index contributed by atoms with van der Waals surface area (Å²) in [6.07, 6.45) is 6.37. The molecule has 0 saturated carbocycles. The van der Waals surface area contributed by atoms with Gasteiger partial charge in [0.2, 0.25) is 0 Å². The molecule has 2 aromatic heterocycles. The number of carbonyl (C=O) groups is 1. The van der Waals surface area contributed by atoms with E-state index in [-0.39, 0.29) is 5.91 Å². The van der Waals surface area contributed by atoms with Gasteiger partial charge in [0.1, 0.15) is 0 Å². The average molecular weight is 290 g/mol. The number of benzene rings is 1. The van der Waals surface area contributed by atoms with E-state index >= 15 is 0 Å². The van der Waals surface area contributed by atoms with Crippen LogP contribution < -0.4 is 5.32 Å². The highest BCUT2D eigenvalue weighted by atomic mass is 16.1. The summed E-state index contributed by atoms with van der Waals surface area (Å²) >= 11 is 0. The molecule has 0 unspecified atom stereocenters. The number of amides is 1. The maximum absolute atomic E-state index is 12.1. The van der Waals surface area contributed by atoms with Gasteiger partial charge in [0.05, 0.1) is 29.7 Å². The fourth-order valence-corrected chi connectivity index (χ4v) is 1.79. The van der Waals surface area contributed by atoms with Crippen molar-refractivity contribution < 1.29 is 4.79 Å². The van der Waals surface area contributed by atoms with E-state index in [0.717, 1.165) is 0 Å². The minimum Gasteiger partial charge on any atom is -0.319 e. The molecule has 2 heterocycles. The molecular weight excluding hydrogens is 280 g/mol. The van der Waals surface area contributed by atoms with Crippen LogP contribution in [-0.2, 0) is 0 Å². The number of nitriles is 1. The molecule has 0 radical (unpaired) electrons. The molecule has 0 spiro atoms. The van der Waals surface area contributed by atoms with Crippen LogP contribution in [-0.4, -0.2) is 25.7 Å². The van der Waals surface area contributed by atoms with Crippen molar-refractivity contribution in [2.45, 2.75) is 0 Å². The lowest BCUT2D eigenvalue weighted by molar-refractivity contribution is 0.102. The van der Waals surface area contributed by atoms with E-state index in [1.807, 2.05) is 6.07 Å². The van der Waals surface area contributed by atoms with Crippen LogP contribution in [0.4, 0.5) is 5.69 Å². The van der Waals surface area contributed by atoms with Crippen LogP contribution >= 0.6 is 0 Å². The quantitative estimate of drug-likeness (QED) is 0.793. The topological polar surface area (TPSA) is 96.5 Å². The van der Waals surface area contributed by atoms with Gasteiger partial charge in [-0.1, -0.05) is 0 Å². The Hall–Kier alpha value is -3.53. The summed E-state index contributed by atoms with van der Waals surface area (Å²) in [7, 11) is 0. The summed E-state index contributed by atoms with van der Waals surface area (Å²) in [6.45, 7) is 0. The molecule has 22 heavy (non-hydrogen) atoms. The van der Waals surface area contributed by atoms with Gasteiger partial charge in [0, 0.05) is 18.0 Å². The number of nitrogens with one attached hydrogen (secondary N) is 1. The third-order valence-corrected chi connectivity index (χ3v) is 2.88. The van der Waals surface area contributed by atoms with Crippen LogP contribution in [0.15, 0.2) is 55.1 Å². The second-order valence-electron chi connectivity index (χ2n) is 4.37. The Morgan fingerprint density at radius 1 is 1.18 bits per heavy atom. The molecule has 1 amide bonds. The fourth-order valence-electron chi connectivity index (χ4n) is 1.79. The van der Waals surface area contributed by atoms with Crippen LogP contribution in [0.25, 0.3) is 5.95 Å². The minimum absolute atomic E-state index is 0.292. The molecule has 0 atom stereocenters. The normalized spacial score (nSPS) is 9.95. The van der Waals surface area contributed by atoms with E-state index in [2.05, 4.69) is 20.4 Å². The van der Waals surface area contributed by atoms with Crippen LogP contribution in [0.2, 0.25) is 0 Å². The molecular formula is C15H10N6O. The van der Waals surface area contributed by atoms with Crippen LogP contribution in [0.1, 0.15) is 15.9 Å². The predicted molar refractivity (Wildman–Crippen MR) is 78.3 cm³/mol. The van der Waals surface area contributed by atoms with Crippen LogP contribution in [0.5, 0.6) is 0 Å². The Bertz CT molecular complexity index is 816. The first-order valence-electron chi connectivity index (χ1n) is 6.40. The summed E-state index contributed by atoms with van der Waals surface area (Å²) in [5.41, 5.74) is 1.43. The number of hydrogen-bond acceptors (Lipinski definition) is 5. The Kier molecular flexibility index (Phi) is 3.58. The van der Waals surface area contributed by atoms with E-state index in [1.54, 1.807) is 42.7 Å². The van der Waals surface area contributed by atoms with Gasteiger partial charge in [-0.25, -0.2) is 14.6 Å². The molecule has 0 aliphatic carbocycles. The monoisotopic (exact) mass is 290 g/mol. The molecule has 106 valence electrons. The van der Waals surface area contributed by atoms with E-state index in [0.29, 0.717) is 22.8 Å². The molecule has 0 bridgehead atoms. The third-order valence-electron chi connectivity index (χ3n) is 2.88. The van der Waals surface area contributed by atoms with Gasteiger partial charge in [-0.2, -0.15) is 10.4 Å². The van der Waals surface area contributed by atoms with Crippen molar-refractivity contribution in [2.24, 2.45) is 0 Å². The molecule has 0 aliphatic rings. The Balaban J connectivity index is 1.72. The Labute approximate surface area is 125 Å². The molecule has 3 rings (SSSR count). The molecule has 0 fully saturated rings. The van der Waals surface area contributed by atoms with Crippen molar-refractivity contribution >= 4 is 11.6 Å². The number of rotatable bonds is 3. The van der Waals surface area contributed by atoms with Crippen molar-refractivity contribution in [3.05, 3.63) is 66.2 Å². The van der Waals surface area contributed by atoms with Gasteiger partial charge in [0.15, 0.2) is 0 Å². The summed E-state index contributed by atoms with van der Waals surface area (Å²) in [5, 5.41) is 15.4. The minimum atomic E-state index is -0.292. The lowest BCUT2D eigenvalue weighted by Gasteiger charge is -2.05. The maximum Gasteiger partial charge on any atom is 0.255 e. The first-order valence-corrected chi connectivity index (χ1v) is 6.40. The smallest absolute Gasteiger partial charge is 0.255 e. The SMILES string of the molecule is N#Cc1ccc(C(=O)Nc2cnc(-n3cccn3)nc2)cc1. The largest absolute Gasteiger partial charge is 0.319 e. The van der Waals surface area contributed by atoms with Gasteiger partial charge >= 0.3 is 0 Å². The van der Waals surface area contributed by atoms with Crippen LogP contribution in [0, 0.1) is 11.3 Å². The highest BCUT2D eigenvalue weighted by Crippen LogP contribution is 2.09. The summed E-state index contributed by atoms with van der Waals surface area (Å²) in [5.74, 6) is 0.126. The van der Waals surface area contributed by atoms with Gasteiger partial charge in [-0.15, -0.1) is 0 Å². The standard InChI is InChI=1S/C15H10N6O/c16-8-11-2-4-12(5-3-11)14(22)20-13-9-17-15(18-10-13)21-7-1-6-19-21/h1-7,9-10H,(H,20,22). The second kappa shape index (κ2) is 5.85. The number of aromatic nitrogens is 4. The average Bonchev–Trinajstić information content (AvgIpc) is 3.10. The molecule has 0 aliphatic heterocycles. The lowest BCUT2D eigenvalue weighted by atomic mass is 10.1. The lowest BCUT2D eigenvalue weighted by Crippen LogP contribution is -2.13. The van der Waals surface area contributed by atoms with Gasteiger partial charge in [-0.05, 0) is 30.3 Å². The summed E-state index contributed by atoms with van der Waals surface area (Å²) < 4.78 is 1.52. The number of hydrogen-bond donors (Lipinski definition) is 1. The molecule has 7 nitrogen and oxygen atoms in total. The molecule has 1 N–H and O–H groups in total. The first kappa shape index (κ1) is 13.5. The number of carbonyl (C=O) groups excluding carboxylic acids is 1. The fraction of sp³-hybridized carbons (Fsp3) is 0. The van der Waals surface area contributed by atoms with Gasteiger partial charge < -0.3 is 5.32 Å². The third kappa shape index (κ3) is 2.81. The van der Waals surface area contributed by atoms with Crippen molar-refractivity contribution in [3.63, 3.8) is 0 Å². The Morgan fingerprint density at radius 2 is 1.91 bits per heavy atom. The van der Waals surface area contributed by atoms with Crippen molar-refractivity contribution in [3.8, 4) is 12.0 Å². The Morgan fingerprint density at radius 3 is 2.50 bits per heavy atom. The van der Waals surface area contributed by atoms with E-state index < -0.39 is 0 Å². The second-order valence-corrected chi connectivity index (χ2v) is 4.37. The van der Waals surface area contributed by atoms with Gasteiger partial charge in [-0.3, -0.25) is 4.79 Å². The summed E-state index contributed by atoms with van der Waals surface area (Å²) in [6, 6.07) is 10.1. The highest BCUT2D eigenvalue weighted by molar-refractivity contribution is 6.04. The number of nitrogens with zero attached hydrogens (tertiary/aromatic N) is 5. The zero-order valence-corrected chi connectivity index (χ0v) is 11.3. The predicted octanol–water partition coefficient (Wildman–Crippen LogP) is 1.79. The molecule has 1 aromatic carbocycles. The van der Waals surface area contributed by atoms with Gasteiger partial charge in [0.25, 0.3) is 11.9 Å². The molecule has 7 heteroatoms. The van der Waals surface area contributed by atoms with Crippen molar-refractivity contribution in [1.82, 2.24) is 19.7 Å². The zero-order chi connectivity index (χ0) is 15.4. The van der Waals surface area contributed by atoms with E-state index in [4.69, 9.17) is 5.26 Å². The molecule has 3 aromatic rings. The summed E-state index contributed by atoms with van der Waals surface area (Å²) in [4.78, 5) is 20.3. The highest BCUT2D eigenvalue weighted by Gasteiger charge is 2.07. The van der Waals surface area contributed by atoms with E-state index in [1.165, 1.54) is 17.1 Å². The zero-order valence-electron chi connectivity index (χ0n) is 11.3. The van der Waals surface area contributed by atoms with Crippen molar-refractivity contribution in [1.29, 1.82) is 5.26 Å². The first-order chi connectivity index (χ1) is 10.8.